The lowest BCUT2D eigenvalue weighted by molar-refractivity contribution is 0.463. The second-order valence-corrected chi connectivity index (χ2v) is 8.47. The Labute approximate surface area is 204 Å². The molecule has 4 heteroatoms. The molecular formula is C31H25FN2O. The summed E-state index contributed by atoms with van der Waals surface area (Å²) in [6.45, 7) is 4.05. The van der Waals surface area contributed by atoms with E-state index in [1.54, 1.807) is 6.07 Å². The summed E-state index contributed by atoms with van der Waals surface area (Å²) >= 11 is 0. The molecule has 0 spiro atoms. The van der Waals surface area contributed by atoms with E-state index in [-0.39, 0.29) is 5.82 Å². The van der Waals surface area contributed by atoms with E-state index in [1.165, 1.54) is 0 Å². The molecule has 1 aromatic heterocycles. The van der Waals surface area contributed by atoms with Crippen molar-refractivity contribution in [3.8, 4) is 33.9 Å². The molecule has 5 rings (SSSR count). The van der Waals surface area contributed by atoms with Gasteiger partial charge < -0.3 is 10.1 Å². The van der Waals surface area contributed by atoms with Crippen molar-refractivity contribution in [3.05, 3.63) is 126 Å². The number of rotatable bonds is 6. The standard InChI is InChI=1S/C31H25FN2O/c1-21-18-29(27-15-14-25(19-30(27)32)34-24-9-5-3-6-10-24)22(2)17-28(21)23-13-16-31(33-20-23)35-26-11-7-4-8-12-26/h3-20,34H,1-2H3. The third-order valence-electron chi connectivity index (χ3n) is 5.91. The van der Waals surface area contributed by atoms with E-state index in [9.17, 15) is 0 Å². The van der Waals surface area contributed by atoms with Crippen LogP contribution in [-0.2, 0) is 0 Å². The Morgan fingerprint density at radius 1 is 0.657 bits per heavy atom. The van der Waals surface area contributed by atoms with Crippen LogP contribution in [0.25, 0.3) is 22.3 Å². The lowest BCUT2D eigenvalue weighted by Gasteiger charge is -2.15. The maximum Gasteiger partial charge on any atom is 0.219 e. The molecule has 1 N–H and O–H groups in total. The molecule has 0 bridgehead atoms. The molecule has 5 aromatic rings. The van der Waals surface area contributed by atoms with Crippen LogP contribution in [0.4, 0.5) is 15.8 Å². The number of hydrogen-bond acceptors (Lipinski definition) is 3. The van der Waals surface area contributed by atoms with Crippen LogP contribution in [0.5, 0.6) is 11.6 Å². The number of aryl methyl sites for hydroxylation is 2. The van der Waals surface area contributed by atoms with Gasteiger partial charge in [0.25, 0.3) is 0 Å². The molecule has 0 radical (unpaired) electrons. The van der Waals surface area contributed by atoms with Gasteiger partial charge in [-0.3, -0.25) is 0 Å². The Kier molecular flexibility index (Phi) is 6.27. The SMILES string of the molecule is Cc1cc(-c2ccc(Nc3ccccc3)cc2F)c(C)cc1-c1ccc(Oc2ccccc2)nc1. The second kappa shape index (κ2) is 9.82. The van der Waals surface area contributed by atoms with E-state index < -0.39 is 0 Å². The Morgan fingerprint density at radius 2 is 1.34 bits per heavy atom. The Bertz CT molecular complexity index is 1450. The van der Waals surface area contributed by atoms with Crippen LogP contribution >= 0.6 is 0 Å². The number of pyridine rings is 1. The summed E-state index contributed by atoms with van der Waals surface area (Å²) in [4.78, 5) is 4.47. The van der Waals surface area contributed by atoms with Gasteiger partial charge in [0.1, 0.15) is 11.6 Å². The average molecular weight is 461 g/mol. The number of halogens is 1. The molecule has 0 aliphatic carbocycles. The lowest BCUT2D eigenvalue weighted by atomic mass is 9.92. The molecule has 0 saturated heterocycles. The number of para-hydroxylation sites is 2. The molecule has 172 valence electrons. The number of anilines is 2. The average Bonchev–Trinajstić information content (AvgIpc) is 2.87. The number of benzene rings is 4. The first kappa shape index (κ1) is 22.4. The molecule has 0 atom stereocenters. The summed E-state index contributed by atoms with van der Waals surface area (Å²) in [5.41, 5.74) is 7.20. The maximum atomic E-state index is 15.1. The summed E-state index contributed by atoms with van der Waals surface area (Å²) in [5.74, 6) is 1.03. The highest BCUT2D eigenvalue weighted by Crippen LogP contribution is 2.34. The fraction of sp³-hybridized carbons (Fsp3) is 0.0645. The molecule has 0 aliphatic heterocycles. The molecule has 3 nitrogen and oxygen atoms in total. The van der Waals surface area contributed by atoms with E-state index in [0.717, 1.165) is 39.3 Å². The summed E-state index contributed by atoms with van der Waals surface area (Å²) in [6, 6.07) is 32.6. The predicted molar refractivity (Wildman–Crippen MR) is 141 cm³/mol. The number of hydrogen-bond donors (Lipinski definition) is 1. The Morgan fingerprint density at radius 3 is 2.03 bits per heavy atom. The van der Waals surface area contributed by atoms with Gasteiger partial charge in [0.15, 0.2) is 0 Å². The molecule has 0 aliphatic rings. The molecular weight excluding hydrogens is 435 g/mol. The minimum atomic E-state index is -0.259. The van der Waals surface area contributed by atoms with Gasteiger partial charge >= 0.3 is 0 Å². The van der Waals surface area contributed by atoms with Crippen LogP contribution in [0, 0.1) is 19.7 Å². The third-order valence-corrected chi connectivity index (χ3v) is 5.91. The summed E-state index contributed by atoms with van der Waals surface area (Å²) < 4.78 is 20.9. The summed E-state index contributed by atoms with van der Waals surface area (Å²) in [7, 11) is 0. The zero-order valence-corrected chi connectivity index (χ0v) is 19.6. The van der Waals surface area contributed by atoms with Crippen molar-refractivity contribution in [2.75, 3.05) is 5.32 Å². The lowest BCUT2D eigenvalue weighted by Crippen LogP contribution is -1.95. The topological polar surface area (TPSA) is 34.1 Å². The predicted octanol–water partition coefficient (Wildman–Crippen LogP) is 8.71. The number of nitrogens with zero attached hydrogens (tertiary/aromatic N) is 1. The maximum absolute atomic E-state index is 15.1. The number of nitrogens with one attached hydrogen (secondary N) is 1. The van der Waals surface area contributed by atoms with Gasteiger partial charge in [-0.2, -0.15) is 0 Å². The minimum Gasteiger partial charge on any atom is -0.439 e. The van der Waals surface area contributed by atoms with Crippen molar-refractivity contribution in [1.82, 2.24) is 4.98 Å². The van der Waals surface area contributed by atoms with Gasteiger partial charge in [-0.15, -0.1) is 0 Å². The smallest absolute Gasteiger partial charge is 0.219 e. The summed E-state index contributed by atoms with van der Waals surface area (Å²) in [5, 5.41) is 3.24. The monoisotopic (exact) mass is 460 g/mol. The van der Waals surface area contributed by atoms with E-state index in [2.05, 4.69) is 16.4 Å². The normalized spacial score (nSPS) is 10.7. The van der Waals surface area contributed by atoms with Crippen LogP contribution in [0.2, 0.25) is 0 Å². The molecule has 0 amide bonds. The van der Waals surface area contributed by atoms with Crippen molar-refractivity contribution in [1.29, 1.82) is 0 Å². The summed E-state index contributed by atoms with van der Waals surface area (Å²) in [6.07, 6.45) is 1.81. The minimum absolute atomic E-state index is 0.259. The fourth-order valence-corrected chi connectivity index (χ4v) is 4.13. The third kappa shape index (κ3) is 5.07. The van der Waals surface area contributed by atoms with Gasteiger partial charge in [0, 0.05) is 34.8 Å². The van der Waals surface area contributed by atoms with Gasteiger partial charge in [-0.1, -0.05) is 48.5 Å². The van der Waals surface area contributed by atoms with Crippen molar-refractivity contribution in [3.63, 3.8) is 0 Å². The highest BCUT2D eigenvalue weighted by Gasteiger charge is 2.13. The van der Waals surface area contributed by atoms with Gasteiger partial charge in [-0.05, 0) is 84.6 Å². The van der Waals surface area contributed by atoms with E-state index in [0.29, 0.717) is 17.1 Å². The molecule has 35 heavy (non-hydrogen) atoms. The fourth-order valence-electron chi connectivity index (χ4n) is 4.13. The van der Waals surface area contributed by atoms with Crippen molar-refractivity contribution in [2.45, 2.75) is 13.8 Å². The van der Waals surface area contributed by atoms with Crippen LogP contribution in [0.1, 0.15) is 11.1 Å². The zero-order valence-electron chi connectivity index (χ0n) is 19.6. The first-order valence-electron chi connectivity index (χ1n) is 11.5. The molecule has 1 heterocycles. The molecule has 0 fully saturated rings. The first-order chi connectivity index (χ1) is 17.1. The molecule has 4 aromatic carbocycles. The highest BCUT2D eigenvalue weighted by atomic mass is 19.1. The highest BCUT2D eigenvalue weighted by molar-refractivity contribution is 5.77. The van der Waals surface area contributed by atoms with Crippen molar-refractivity contribution >= 4 is 11.4 Å². The quantitative estimate of drug-likeness (QED) is 0.275. The second-order valence-electron chi connectivity index (χ2n) is 8.47. The van der Waals surface area contributed by atoms with Gasteiger partial charge in [-0.25, -0.2) is 9.37 Å². The largest absolute Gasteiger partial charge is 0.439 e. The van der Waals surface area contributed by atoms with Crippen LogP contribution in [-0.4, -0.2) is 4.98 Å². The molecule has 0 unspecified atom stereocenters. The number of aromatic nitrogens is 1. The van der Waals surface area contributed by atoms with E-state index >= 15 is 4.39 Å². The van der Waals surface area contributed by atoms with Crippen LogP contribution in [0.3, 0.4) is 0 Å². The van der Waals surface area contributed by atoms with E-state index in [1.807, 2.05) is 111 Å². The van der Waals surface area contributed by atoms with Gasteiger partial charge in [0.05, 0.1) is 0 Å². The zero-order chi connectivity index (χ0) is 24.2. The Balaban J connectivity index is 1.39. The Hall–Kier alpha value is -4.44. The van der Waals surface area contributed by atoms with Crippen molar-refractivity contribution < 1.29 is 9.13 Å². The van der Waals surface area contributed by atoms with E-state index in [4.69, 9.17) is 4.74 Å². The molecule has 0 saturated carbocycles. The van der Waals surface area contributed by atoms with Gasteiger partial charge in [0.2, 0.25) is 5.88 Å². The number of ether oxygens (including phenoxy) is 1. The van der Waals surface area contributed by atoms with Crippen LogP contribution in [0.15, 0.2) is 109 Å². The van der Waals surface area contributed by atoms with Crippen molar-refractivity contribution in [2.24, 2.45) is 0 Å². The first-order valence-corrected chi connectivity index (χ1v) is 11.5. The van der Waals surface area contributed by atoms with Crippen LogP contribution < -0.4 is 10.1 Å².